The van der Waals surface area contributed by atoms with Crippen LogP contribution in [0.1, 0.15) is 5.56 Å². The van der Waals surface area contributed by atoms with Crippen LogP contribution in [0, 0.1) is 0 Å². The van der Waals surface area contributed by atoms with Crippen LogP contribution in [0.4, 0.5) is 5.69 Å². The minimum absolute atomic E-state index is 0.0389. The zero-order chi connectivity index (χ0) is 24.9. The molecule has 0 atom stereocenters. The van der Waals surface area contributed by atoms with Crippen molar-refractivity contribution in [2.45, 2.75) is 13.1 Å². The molecule has 9 heteroatoms. The summed E-state index contributed by atoms with van der Waals surface area (Å²) < 4.78 is 8.10. The Morgan fingerprint density at radius 1 is 0.806 bits per heavy atom. The molecule has 3 aromatic heterocycles. The van der Waals surface area contributed by atoms with Crippen molar-refractivity contribution in [1.82, 2.24) is 19.1 Å². The smallest absolute Gasteiger partial charge is 0.332 e. The van der Waals surface area contributed by atoms with Gasteiger partial charge < -0.3 is 10.1 Å². The van der Waals surface area contributed by atoms with Gasteiger partial charge in [0.1, 0.15) is 18.0 Å². The van der Waals surface area contributed by atoms with E-state index < -0.39 is 17.2 Å². The number of aromatic nitrogens is 4. The monoisotopic (exact) mass is 479 g/mol. The number of nitrogens with zero attached hydrogens (tertiary/aromatic N) is 4. The molecule has 0 radical (unpaired) electrons. The fourth-order valence-corrected chi connectivity index (χ4v) is 3.78. The fraction of sp³-hybridized carbons (Fsp3) is 0.0741. The van der Waals surface area contributed by atoms with Crippen molar-refractivity contribution in [3.63, 3.8) is 0 Å². The number of ether oxygens (including phenoxy) is 1. The average molecular weight is 479 g/mol. The number of hydrogen-bond acceptors (Lipinski definition) is 6. The molecule has 5 rings (SSSR count). The molecule has 1 N–H and O–H groups in total. The number of hydrogen-bond donors (Lipinski definition) is 1. The predicted molar refractivity (Wildman–Crippen MR) is 135 cm³/mol. The summed E-state index contributed by atoms with van der Waals surface area (Å²) in [5.74, 6) is 0.903. The molecule has 0 unspecified atom stereocenters. The third-order valence-corrected chi connectivity index (χ3v) is 5.50. The first-order valence-electron chi connectivity index (χ1n) is 11.2. The van der Waals surface area contributed by atoms with E-state index in [0.717, 1.165) is 10.1 Å². The summed E-state index contributed by atoms with van der Waals surface area (Å²) in [5, 5.41) is 2.79. The van der Waals surface area contributed by atoms with E-state index in [0.29, 0.717) is 22.7 Å². The van der Waals surface area contributed by atoms with Gasteiger partial charge in [-0.3, -0.25) is 23.7 Å². The molecule has 0 aliphatic heterocycles. The van der Waals surface area contributed by atoms with Gasteiger partial charge in [-0.05, 0) is 66.2 Å². The van der Waals surface area contributed by atoms with Crippen molar-refractivity contribution in [1.29, 1.82) is 0 Å². The molecule has 0 spiro atoms. The molecule has 178 valence electrons. The molecule has 5 aromatic rings. The SMILES string of the molecule is O=C(Cn1c(=O)n(Cc2ccncc2)c(=O)c2ncccc21)Nc1ccc(Oc2ccccc2)cc1. The van der Waals surface area contributed by atoms with Gasteiger partial charge in [-0.1, -0.05) is 18.2 Å². The largest absolute Gasteiger partial charge is 0.457 e. The number of nitrogens with one attached hydrogen (secondary N) is 1. The molecule has 0 fully saturated rings. The lowest BCUT2D eigenvalue weighted by atomic mass is 10.2. The van der Waals surface area contributed by atoms with Crippen molar-refractivity contribution in [3.8, 4) is 11.5 Å². The first-order valence-corrected chi connectivity index (χ1v) is 11.2. The van der Waals surface area contributed by atoms with E-state index in [1.54, 1.807) is 60.9 Å². The Kier molecular flexibility index (Phi) is 6.35. The van der Waals surface area contributed by atoms with Crippen LogP contribution in [0.2, 0.25) is 0 Å². The highest BCUT2D eigenvalue weighted by molar-refractivity contribution is 5.91. The van der Waals surface area contributed by atoms with E-state index in [1.807, 2.05) is 30.3 Å². The summed E-state index contributed by atoms with van der Waals surface area (Å²) in [4.78, 5) is 47.3. The second-order valence-corrected chi connectivity index (χ2v) is 7.97. The van der Waals surface area contributed by atoms with Crippen LogP contribution < -0.4 is 21.3 Å². The molecule has 0 saturated carbocycles. The standard InChI is InChI=1S/C27H21N5O4/c33-24(30-20-8-10-22(11-9-20)36-21-5-2-1-3-6-21)18-31-23-7-4-14-29-25(23)26(34)32(27(31)35)17-19-12-15-28-16-13-19/h1-16H,17-18H2,(H,30,33). The van der Waals surface area contributed by atoms with Crippen LogP contribution in [0.15, 0.2) is 107 Å². The lowest BCUT2D eigenvalue weighted by Gasteiger charge is -2.14. The van der Waals surface area contributed by atoms with E-state index in [4.69, 9.17) is 4.74 Å². The number of rotatable bonds is 7. The lowest BCUT2D eigenvalue weighted by Crippen LogP contribution is -2.42. The number of pyridine rings is 2. The molecular formula is C27H21N5O4. The van der Waals surface area contributed by atoms with Gasteiger partial charge in [-0.25, -0.2) is 9.78 Å². The molecule has 36 heavy (non-hydrogen) atoms. The third kappa shape index (κ3) is 4.90. The van der Waals surface area contributed by atoms with Gasteiger partial charge in [0, 0.05) is 24.3 Å². The summed E-state index contributed by atoms with van der Waals surface area (Å²) in [5.41, 5.74) is 0.563. The van der Waals surface area contributed by atoms with E-state index in [2.05, 4.69) is 15.3 Å². The summed E-state index contributed by atoms with van der Waals surface area (Å²) in [6.07, 6.45) is 4.65. The number of benzene rings is 2. The Hall–Kier alpha value is -5.05. The quantitative estimate of drug-likeness (QED) is 0.383. The molecule has 0 aliphatic rings. The Morgan fingerprint density at radius 2 is 1.53 bits per heavy atom. The summed E-state index contributed by atoms with van der Waals surface area (Å²) in [6, 6.07) is 22.9. The molecule has 9 nitrogen and oxygen atoms in total. The number of amides is 1. The van der Waals surface area contributed by atoms with Crippen molar-refractivity contribution in [2.24, 2.45) is 0 Å². The van der Waals surface area contributed by atoms with Gasteiger partial charge in [0.05, 0.1) is 12.1 Å². The summed E-state index contributed by atoms with van der Waals surface area (Å²) in [6.45, 7) is -0.253. The number of carbonyl (C=O) groups excluding carboxylic acids is 1. The number of fused-ring (bicyclic) bond motifs is 1. The van der Waals surface area contributed by atoms with E-state index in [1.165, 1.54) is 10.8 Å². The van der Waals surface area contributed by atoms with Gasteiger partial charge in [0.15, 0.2) is 5.52 Å². The highest BCUT2D eigenvalue weighted by atomic mass is 16.5. The average Bonchev–Trinajstić information content (AvgIpc) is 2.91. The zero-order valence-electron chi connectivity index (χ0n) is 19.1. The molecule has 0 bridgehead atoms. The van der Waals surface area contributed by atoms with Crippen LogP contribution >= 0.6 is 0 Å². The maximum atomic E-state index is 13.3. The zero-order valence-corrected chi connectivity index (χ0v) is 19.1. The molecule has 0 saturated heterocycles. The summed E-state index contributed by atoms with van der Waals surface area (Å²) in [7, 11) is 0. The molecular weight excluding hydrogens is 458 g/mol. The maximum Gasteiger partial charge on any atom is 0.332 e. The minimum atomic E-state index is -0.598. The second kappa shape index (κ2) is 10.1. The Labute approximate surface area is 205 Å². The first-order chi connectivity index (χ1) is 17.6. The Morgan fingerprint density at radius 3 is 2.28 bits per heavy atom. The number of para-hydroxylation sites is 1. The van der Waals surface area contributed by atoms with Crippen molar-refractivity contribution < 1.29 is 9.53 Å². The van der Waals surface area contributed by atoms with E-state index in [9.17, 15) is 14.4 Å². The Balaban J connectivity index is 1.39. The fourth-order valence-electron chi connectivity index (χ4n) is 3.78. The highest BCUT2D eigenvalue weighted by Crippen LogP contribution is 2.22. The maximum absolute atomic E-state index is 13.3. The van der Waals surface area contributed by atoms with Gasteiger partial charge in [-0.15, -0.1) is 0 Å². The Bertz CT molecular complexity index is 1630. The van der Waals surface area contributed by atoms with Gasteiger partial charge in [0.2, 0.25) is 5.91 Å². The van der Waals surface area contributed by atoms with Crippen molar-refractivity contribution >= 4 is 22.6 Å². The summed E-state index contributed by atoms with van der Waals surface area (Å²) >= 11 is 0. The predicted octanol–water partition coefficient (Wildman–Crippen LogP) is 3.43. The molecule has 2 aromatic carbocycles. The molecule has 3 heterocycles. The van der Waals surface area contributed by atoms with Crippen molar-refractivity contribution in [3.05, 3.63) is 124 Å². The third-order valence-electron chi connectivity index (χ3n) is 5.50. The van der Waals surface area contributed by atoms with Crippen molar-refractivity contribution in [2.75, 3.05) is 5.32 Å². The van der Waals surface area contributed by atoms with E-state index in [-0.39, 0.29) is 18.6 Å². The first kappa shape index (κ1) is 22.7. The van der Waals surface area contributed by atoms with Crippen LogP contribution in [-0.2, 0) is 17.9 Å². The van der Waals surface area contributed by atoms with Gasteiger partial charge >= 0.3 is 5.69 Å². The minimum Gasteiger partial charge on any atom is -0.457 e. The highest BCUT2D eigenvalue weighted by Gasteiger charge is 2.16. The molecule has 0 aliphatic carbocycles. The van der Waals surface area contributed by atoms with Gasteiger partial charge in [-0.2, -0.15) is 0 Å². The van der Waals surface area contributed by atoms with Crippen LogP contribution in [0.25, 0.3) is 11.0 Å². The van der Waals surface area contributed by atoms with Crippen LogP contribution in [0.3, 0.4) is 0 Å². The number of carbonyl (C=O) groups is 1. The van der Waals surface area contributed by atoms with E-state index >= 15 is 0 Å². The van der Waals surface area contributed by atoms with Crippen LogP contribution in [0.5, 0.6) is 11.5 Å². The lowest BCUT2D eigenvalue weighted by molar-refractivity contribution is -0.116. The second-order valence-electron chi connectivity index (χ2n) is 7.97. The molecule has 1 amide bonds. The normalized spacial score (nSPS) is 10.8. The van der Waals surface area contributed by atoms with Crippen LogP contribution in [-0.4, -0.2) is 25.0 Å². The van der Waals surface area contributed by atoms with Gasteiger partial charge in [0.25, 0.3) is 5.56 Å². The number of anilines is 1. The topological polar surface area (TPSA) is 108 Å².